The number of nitrogens with zero attached hydrogens (tertiary/aromatic N) is 3. The first-order valence-corrected chi connectivity index (χ1v) is 7.17. The Labute approximate surface area is 128 Å². The third kappa shape index (κ3) is 3.61. The highest BCUT2D eigenvalue weighted by Gasteiger charge is 2.43. The molecule has 22 heavy (non-hydrogen) atoms. The van der Waals surface area contributed by atoms with Crippen LogP contribution in [0.3, 0.4) is 0 Å². The number of likely N-dealkylation sites (tertiary alicyclic amines) is 2. The molecule has 4 nitrogen and oxygen atoms in total. The van der Waals surface area contributed by atoms with Gasteiger partial charge in [0.15, 0.2) is 0 Å². The highest BCUT2D eigenvalue weighted by Crippen LogP contribution is 2.33. The quantitative estimate of drug-likeness (QED) is 0.591. The molecule has 121 valence electrons. The molecule has 0 N–H and O–H groups in total. The van der Waals surface area contributed by atoms with Gasteiger partial charge in [-0.25, -0.2) is 13.2 Å². The molecule has 0 spiro atoms. The predicted molar refractivity (Wildman–Crippen MR) is 74.7 cm³/mol. The maximum atomic E-state index is 13.3. The molecule has 7 heteroatoms. The maximum Gasteiger partial charge on any atom is 0.264 e. The second-order valence-corrected chi connectivity index (χ2v) is 6.31. The Balaban J connectivity index is 2.14. The van der Waals surface area contributed by atoms with Crippen LogP contribution in [-0.2, 0) is 4.79 Å². The third-order valence-electron chi connectivity index (χ3n) is 4.10. The second-order valence-electron chi connectivity index (χ2n) is 6.31. The average Bonchev–Trinajstić information content (AvgIpc) is 3.01. The Bertz CT molecular complexity index is 525. The molecule has 0 unspecified atom stereocenters. The number of hydrogen-bond donors (Lipinski definition) is 0. The molecule has 1 atom stereocenters. The molecule has 2 rings (SSSR count). The highest BCUT2D eigenvalue weighted by molar-refractivity contribution is 5.97. The van der Waals surface area contributed by atoms with Crippen molar-refractivity contribution in [2.75, 3.05) is 26.2 Å². The van der Waals surface area contributed by atoms with E-state index >= 15 is 0 Å². The number of rotatable bonds is 3. The number of carbonyl (C=O) groups is 1. The molecule has 0 saturated carbocycles. The van der Waals surface area contributed by atoms with Crippen molar-refractivity contribution in [2.24, 2.45) is 0 Å². The normalized spacial score (nSPS) is 26.3. The van der Waals surface area contributed by atoms with E-state index in [4.69, 9.17) is 0 Å². The minimum absolute atomic E-state index is 0.0694. The van der Waals surface area contributed by atoms with Crippen molar-refractivity contribution in [2.45, 2.75) is 37.9 Å². The van der Waals surface area contributed by atoms with E-state index in [1.165, 1.54) is 17.4 Å². The lowest BCUT2D eigenvalue weighted by molar-refractivity contribution is -0.125. The molecule has 2 fully saturated rings. The number of hydrogen-bond acceptors (Lipinski definition) is 3. The van der Waals surface area contributed by atoms with Gasteiger partial charge in [0.1, 0.15) is 17.8 Å². The lowest BCUT2D eigenvalue weighted by Gasteiger charge is -2.33. The molecule has 1 radical (unpaired) electrons. The van der Waals surface area contributed by atoms with Crippen molar-refractivity contribution in [1.82, 2.24) is 9.80 Å². The summed E-state index contributed by atoms with van der Waals surface area (Å²) in [7, 11) is 0. The van der Waals surface area contributed by atoms with Crippen LogP contribution in [0.4, 0.5) is 13.2 Å². The molecule has 0 bridgehead atoms. The van der Waals surface area contributed by atoms with Gasteiger partial charge in [-0.05, 0) is 19.9 Å². The molecule has 2 saturated heterocycles. The molecule has 2 aliphatic heterocycles. The number of carbonyl (C=O) groups excluding carboxylic acids is 1. The van der Waals surface area contributed by atoms with E-state index in [1.54, 1.807) is 18.7 Å². The van der Waals surface area contributed by atoms with Crippen LogP contribution < -0.4 is 0 Å². The summed E-state index contributed by atoms with van der Waals surface area (Å²) in [6.45, 7) is 3.27. The molecule has 0 aromatic carbocycles. The number of amides is 1. The maximum absolute atomic E-state index is 13.3. The van der Waals surface area contributed by atoms with Gasteiger partial charge in [0.25, 0.3) is 11.8 Å². The van der Waals surface area contributed by atoms with Crippen molar-refractivity contribution in [3.63, 3.8) is 0 Å². The summed E-state index contributed by atoms with van der Waals surface area (Å²) < 4.78 is 39.8. The SMILES string of the molecule is CC(C)(C=C(C#N)C(=O)N1C[CH][C@H](F)C1)N1CCC(F)(F)C1. The largest absolute Gasteiger partial charge is 0.335 e. The molecule has 2 aliphatic rings. The Morgan fingerprint density at radius 2 is 2.18 bits per heavy atom. The zero-order valence-corrected chi connectivity index (χ0v) is 12.7. The summed E-state index contributed by atoms with van der Waals surface area (Å²) >= 11 is 0. The van der Waals surface area contributed by atoms with Crippen LogP contribution in [0.25, 0.3) is 0 Å². The molecule has 2 heterocycles. The van der Waals surface area contributed by atoms with Gasteiger partial charge in [-0.1, -0.05) is 0 Å². The fourth-order valence-electron chi connectivity index (χ4n) is 2.75. The Morgan fingerprint density at radius 1 is 1.50 bits per heavy atom. The van der Waals surface area contributed by atoms with Crippen molar-refractivity contribution >= 4 is 5.91 Å². The summed E-state index contributed by atoms with van der Waals surface area (Å²) in [5.41, 5.74) is -0.984. The number of halogens is 3. The molecule has 0 aliphatic carbocycles. The lowest BCUT2D eigenvalue weighted by Crippen LogP contribution is -2.43. The smallest absolute Gasteiger partial charge is 0.264 e. The molecular formula is C15H19F3N3O. The van der Waals surface area contributed by atoms with Gasteiger partial charge in [0.05, 0.1) is 13.1 Å². The Morgan fingerprint density at radius 3 is 2.64 bits per heavy atom. The van der Waals surface area contributed by atoms with Gasteiger partial charge in [-0.2, -0.15) is 5.26 Å². The van der Waals surface area contributed by atoms with E-state index in [1.807, 2.05) is 6.07 Å². The minimum Gasteiger partial charge on any atom is -0.335 e. The number of nitriles is 1. The molecule has 1 amide bonds. The second kappa shape index (κ2) is 5.92. The summed E-state index contributed by atoms with van der Waals surface area (Å²) in [4.78, 5) is 15.0. The van der Waals surface area contributed by atoms with Crippen LogP contribution in [-0.4, -0.2) is 59.5 Å². The molecule has 0 aromatic rings. The minimum atomic E-state index is -2.74. The van der Waals surface area contributed by atoms with Crippen molar-refractivity contribution < 1.29 is 18.0 Å². The van der Waals surface area contributed by atoms with E-state index in [2.05, 4.69) is 0 Å². The van der Waals surface area contributed by atoms with E-state index < -0.39 is 30.1 Å². The van der Waals surface area contributed by atoms with Gasteiger partial charge in [0, 0.05) is 31.5 Å². The summed E-state index contributed by atoms with van der Waals surface area (Å²) in [5.74, 6) is -3.30. The Kier molecular flexibility index (Phi) is 4.52. The molecule has 0 aromatic heterocycles. The topological polar surface area (TPSA) is 47.3 Å². The van der Waals surface area contributed by atoms with Crippen molar-refractivity contribution in [3.05, 3.63) is 18.1 Å². The highest BCUT2D eigenvalue weighted by atomic mass is 19.3. The van der Waals surface area contributed by atoms with Crippen LogP contribution in [0.2, 0.25) is 0 Å². The number of alkyl halides is 3. The zero-order chi connectivity index (χ0) is 16.5. The summed E-state index contributed by atoms with van der Waals surface area (Å²) in [5, 5.41) is 9.20. The first kappa shape index (κ1) is 16.8. The van der Waals surface area contributed by atoms with Crippen LogP contribution >= 0.6 is 0 Å². The van der Waals surface area contributed by atoms with E-state index in [0.717, 1.165) is 0 Å². The van der Waals surface area contributed by atoms with Gasteiger partial charge in [-0.15, -0.1) is 0 Å². The van der Waals surface area contributed by atoms with E-state index in [-0.39, 0.29) is 31.6 Å². The van der Waals surface area contributed by atoms with E-state index in [9.17, 15) is 23.2 Å². The summed E-state index contributed by atoms with van der Waals surface area (Å²) in [6.07, 6.45) is 1.35. The van der Waals surface area contributed by atoms with Gasteiger partial charge >= 0.3 is 0 Å². The first-order valence-electron chi connectivity index (χ1n) is 7.17. The van der Waals surface area contributed by atoms with Crippen LogP contribution in [0, 0.1) is 17.8 Å². The fourth-order valence-corrected chi connectivity index (χ4v) is 2.75. The lowest BCUT2D eigenvalue weighted by atomic mass is 9.99. The van der Waals surface area contributed by atoms with Crippen LogP contribution in [0.15, 0.2) is 11.6 Å². The van der Waals surface area contributed by atoms with Gasteiger partial charge in [-0.3, -0.25) is 9.69 Å². The van der Waals surface area contributed by atoms with Gasteiger partial charge in [0.2, 0.25) is 0 Å². The summed E-state index contributed by atoms with van der Waals surface area (Å²) in [6, 6.07) is 1.81. The van der Waals surface area contributed by atoms with E-state index in [0.29, 0.717) is 0 Å². The van der Waals surface area contributed by atoms with Crippen LogP contribution in [0.5, 0.6) is 0 Å². The average molecular weight is 314 g/mol. The predicted octanol–water partition coefficient (Wildman–Crippen LogP) is 1.94. The van der Waals surface area contributed by atoms with Crippen LogP contribution in [0.1, 0.15) is 20.3 Å². The van der Waals surface area contributed by atoms with Crippen molar-refractivity contribution in [3.8, 4) is 6.07 Å². The van der Waals surface area contributed by atoms with Gasteiger partial charge < -0.3 is 4.90 Å². The monoisotopic (exact) mass is 314 g/mol. The Hall–Kier alpha value is -1.55. The standard InChI is InChI=1S/C15H19F3N3O/c1-14(2,21-6-4-15(17,18)10-21)7-11(8-19)13(22)20-5-3-12(16)9-20/h3,7,12H,4-6,9-10H2,1-2H3/t12-/m0/s1. The fraction of sp³-hybridized carbons (Fsp3) is 0.667. The first-order chi connectivity index (χ1) is 10.1. The zero-order valence-electron chi connectivity index (χ0n) is 12.7. The third-order valence-corrected chi connectivity index (χ3v) is 4.10. The molecular weight excluding hydrogens is 295 g/mol. The van der Waals surface area contributed by atoms with Crippen molar-refractivity contribution in [1.29, 1.82) is 5.26 Å².